The first kappa shape index (κ1) is 13.3. The molecule has 0 spiro atoms. The summed E-state index contributed by atoms with van der Waals surface area (Å²) in [5.41, 5.74) is 6.50. The molecule has 2 atom stereocenters. The van der Waals surface area contributed by atoms with Crippen molar-refractivity contribution < 1.29 is 0 Å². The topological polar surface area (TPSA) is 29.3 Å². The molecule has 0 saturated heterocycles. The molecule has 2 N–H and O–H groups in total. The normalized spacial score (nSPS) is 29.1. The molecule has 1 fully saturated rings. The molecule has 1 aromatic heterocycles. The van der Waals surface area contributed by atoms with Gasteiger partial charge in [-0.15, -0.1) is 11.3 Å². The van der Waals surface area contributed by atoms with Gasteiger partial charge in [0.15, 0.2) is 0 Å². The van der Waals surface area contributed by atoms with E-state index in [-0.39, 0.29) is 5.41 Å². The number of thiophene rings is 1. The van der Waals surface area contributed by atoms with Crippen LogP contribution in [0.4, 0.5) is 0 Å². The zero-order valence-electron chi connectivity index (χ0n) is 10.6. The van der Waals surface area contributed by atoms with E-state index in [9.17, 15) is 0 Å². The molecule has 1 heterocycles. The zero-order valence-corrected chi connectivity index (χ0v) is 12.2. The lowest BCUT2D eigenvalue weighted by Crippen LogP contribution is -2.42. The van der Waals surface area contributed by atoms with Crippen LogP contribution in [0.3, 0.4) is 0 Å². The van der Waals surface area contributed by atoms with Crippen molar-refractivity contribution >= 4 is 22.9 Å². The third-order valence-corrected chi connectivity index (χ3v) is 5.06. The van der Waals surface area contributed by atoms with Gasteiger partial charge in [0.25, 0.3) is 0 Å². The molecule has 0 radical (unpaired) electrons. The van der Waals surface area contributed by atoms with E-state index < -0.39 is 0 Å². The summed E-state index contributed by atoms with van der Waals surface area (Å²) in [7, 11) is 2.17. The molecule has 1 aliphatic carbocycles. The summed E-state index contributed by atoms with van der Waals surface area (Å²) in [6.07, 6.45) is 3.70. The minimum Gasteiger partial charge on any atom is -0.327 e. The molecule has 0 amide bonds. The molecule has 96 valence electrons. The van der Waals surface area contributed by atoms with Gasteiger partial charge in [0.2, 0.25) is 0 Å². The van der Waals surface area contributed by atoms with Crippen LogP contribution < -0.4 is 5.73 Å². The second-order valence-electron chi connectivity index (χ2n) is 5.53. The van der Waals surface area contributed by atoms with Crippen LogP contribution in [0.25, 0.3) is 0 Å². The molecule has 0 bridgehead atoms. The van der Waals surface area contributed by atoms with Crippen LogP contribution in [0.1, 0.15) is 31.1 Å². The summed E-state index contributed by atoms with van der Waals surface area (Å²) < 4.78 is 0.872. The lowest BCUT2D eigenvalue weighted by atomic mass is 9.85. The average Bonchev–Trinajstić information content (AvgIpc) is 2.75. The van der Waals surface area contributed by atoms with Crippen molar-refractivity contribution in [3.8, 4) is 0 Å². The van der Waals surface area contributed by atoms with Gasteiger partial charge in [-0.25, -0.2) is 0 Å². The van der Waals surface area contributed by atoms with E-state index in [1.54, 1.807) is 11.3 Å². The van der Waals surface area contributed by atoms with Gasteiger partial charge in [0.1, 0.15) is 0 Å². The number of nitrogens with two attached hydrogens (primary N) is 1. The van der Waals surface area contributed by atoms with Crippen molar-refractivity contribution in [2.75, 3.05) is 13.6 Å². The van der Waals surface area contributed by atoms with Crippen LogP contribution >= 0.6 is 22.9 Å². The second-order valence-corrected chi connectivity index (χ2v) is 7.33. The summed E-state index contributed by atoms with van der Waals surface area (Å²) >= 11 is 7.61. The van der Waals surface area contributed by atoms with Crippen LogP contribution in [0.2, 0.25) is 4.34 Å². The molecule has 4 heteroatoms. The first-order chi connectivity index (χ1) is 7.99. The Hall–Kier alpha value is -0.0900. The monoisotopic (exact) mass is 272 g/mol. The molecule has 17 heavy (non-hydrogen) atoms. The maximum atomic E-state index is 6.21. The van der Waals surface area contributed by atoms with Gasteiger partial charge in [0, 0.05) is 24.0 Å². The fraction of sp³-hybridized carbons (Fsp3) is 0.692. The van der Waals surface area contributed by atoms with Crippen molar-refractivity contribution in [1.82, 2.24) is 4.90 Å². The minimum atomic E-state index is 0.288. The lowest BCUT2D eigenvalue weighted by Gasteiger charge is -2.33. The predicted octanol–water partition coefficient (Wildman–Crippen LogP) is 3.35. The van der Waals surface area contributed by atoms with Crippen molar-refractivity contribution in [3.63, 3.8) is 0 Å². The van der Waals surface area contributed by atoms with Gasteiger partial charge in [0.05, 0.1) is 4.34 Å². The van der Waals surface area contributed by atoms with Crippen LogP contribution in [-0.4, -0.2) is 24.5 Å². The third-order valence-electron chi connectivity index (χ3n) is 3.84. The van der Waals surface area contributed by atoms with Gasteiger partial charge < -0.3 is 10.6 Å². The molecule has 0 aromatic carbocycles. The highest BCUT2D eigenvalue weighted by Gasteiger charge is 2.36. The quantitative estimate of drug-likeness (QED) is 0.911. The van der Waals surface area contributed by atoms with E-state index in [0.29, 0.717) is 6.04 Å². The van der Waals surface area contributed by atoms with Crippen molar-refractivity contribution in [1.29, 1.82) is 0 Å². The van der Waals surface area contributed by atoms with E-state index >= 15 is 0 Å². The number of rotatable bonds is 4. The summed E-state index contributed by atoms with van der Waals surface area (Å²) in [6, 6.07) is 4.44. The Balaban J connectivity index is 1.91. The lowest BCUT2D eigenvalue weighted by molar-refractivity contribution is 0.174. The number of hydrogen-bond acceptors (Lipinski definition) is 3. The number of nitrogens with zero attached hydrogens (tertiary/aromatic N) is 1. The molecular weight excluding hydrogens is 252 g/mol. The van der Waals surface area contributed by atoms with Crippen molar-refractivity contribution in [2.24, 2.45) is 11.1 Å². The van der Waals surface area contributed by atoms with Crippen molar-refractivity contribution in [3.05, 3.63) is 21.3 Å². The van der Waals surface area contributed by atoms with Gasteiger partial charge in [-0.05, 0) is 37.4 Å². The maximum Gasteiger partial charge on any atom is 0.0931 e. The highest BCUT2D eigenvalue weighted by Crippen LogP contribution is 2.37. The minimum absolute atomic E-state index is 0.288. The Morgan fingerprint density at radius 3 is 2.88 bits per heavy atom. The van der Waals surface area contributed by atoms with E-state index in [1.807, 2.05) is 6.07 Å². The fourth-order valence-electron chi connectivity index (χ4n) is 2.83. The highest BCUT2D eigenvalue weighted by molar-refractivity contribution is 7.16. The largest absolute Gasteiger partial charge is 0.327 e. The zero-order chi connectivity index (χ0) is 12.5. The fourth-order valence-corrected chi connectivity index (χ4v) is 4.00. The van der Waals surface area contributed by atoms with Crippen molar-refractivity contribution in [2.45, 2.75) is 38.8 Å². The second kappa shape index (κ2) is 5.27. The Labute approximate surface area is 113 Å². The predicted molar refractivity (Wildman–Crippen MR) is 75.6 cm³/mol. The Kier molecular flexibility index (Phi) is 4.14. The van der Waals surface area contributed by atoms with Gasteiger partial charge in [-0.2, -0.15) is 0 Å². The van der Waals surface area contributed by atoms with E-state index in [0.717, 1.165) is 17.4 Å². The van der Waals surface area contributed by atoms with E-state index in [2.05, 4.69) is 24.9 Å². The number of hydrogen-bond donors (Lipinski definition) is 1. The molecule has 1 aromatic rings. The third kappa shape index (κ3) is 3.22. The first-order valence-electron chi connectivity index (χ1n) is 6.18. The van der Waals surface area contributed by atoms with Crippen LogP contribution in [0, 0.1) is 5.41 Å². The molecular formula is C13H21ClN2S. The summed E-state index contributed by atoms with van der Waals surface area (Å²) in [6.45, 7) is 4.37. The van der Waals surface area contributed by atoms with Crippen LogP contribution in [0.5, 0.6) is 0 Å². The Morgan fingerprint density at radius 1 is 1.59 bits per heavy atom. The summed E-state index contributed by atoms with van der Waals surface area (Å²) in [5.74, 6) is 0. The molecule has 1 saturated carbocycles. The first-order valence-corrected chi connectivity index (χ1v) is 7.37. The van der Waals surface area contributed by atoms with Gasteiger partial charge in [-0.1, -0.05) is 24.9 Å². The van der Waals surface area contributed by atoms with E-state index in [4.69, 9.17) is 17.3 Å². The Morgan fingerprint density at radius 2 is 2.35 bits per heavy atom. The van der Waals surface area contributed by atoms with E-state index in [1.165, 1.54) is 24.1 Å². The van der Waals surface area contributed by atoms with Crippen LogP contribution in [-0.2, 0) is 6.54 Å². The SMILES string of the molecule is CN(Cc1ccc(Cl)s1)CC1(C)CCCC1N. The average molecular weight is 273 g/mol. The van der Waals surface area contributed by atoms with Gasteiger partial charge in [-0.3, -0.25) is 0 Å². The highest BCUT2D eigenvalue weighted by atomic mass is 35.5. The summed E-state index contributed by atoms with van der Waals surface area (Å²) in [4.78, 5) is 3.69. The molecule has 2 unspecified atom stereocenters. The molecule has 2 rings (SSSR count). The Bertz CT molecular complexity index is 379. The van der Waals surface area contributed by atoms with Crippen LogP contribution in [0.15, 0.2) is 12.1 Å². The van der Waals surface area contributed by atoms with Gasteiger partial charge >= 0.3 is 0 Å². The number of halogens is 1. The standard InChI is InChI=1S/C13H21ClN2S/c1-13(7-3-4-11(13)15)9-16(2)8-10-5-6-12(14)17-10/h5-6,11H,3-4,7-9,15H2,1-2H3. The molecule has 1 aliphatic rings. The molecule has 2 nitrogen and oxygen atoms in total. The smallest absolute Gasteiger partial charge is 0.0931 e. The molecule has 0 aliphatic heterocycles. The maximum absolute atomic E-state index is 6.21. The summed E-state index contributed by atoms with van der Waals surface area (Å²) in [5, 5.41) is 0.